The second-order valence-electron chi connectivity index (χ2n) is 8.54. The van der Waals surface area contributed by atoms with Crippen molar-refractivity contribution in [1.82, 2.24) is 0 Å². The monoisotopic (exact) mass is 521 g/mol. The quantitative estimate of drug-likeness (QED) is 0.269. The number of hydrogen-bond donors (Lipinski definition) is 0. The third-order valence-corrected chi connectivity index (χ3v) is 8.81. The lowest BCUT2D eigenvalue weighted by atomic mass is 9.55. The fourth-order valence-corrected chi connectivity index (χ4v) is 7.25. The standard InChI is InChI=1S/C26H17BrClNO4/c1-33-25(32)16-12-13(10-11-19(16)28)29-23(30)21-20-14-6-2-4-8-17(14)26(27,22(21)24(29)31)18-9-5-3-7-15(18)20/h2-12,20-22H,1H3/t20?,21-,22-,26?/m0/s1. The van der Waals surface area contributed by atoms with Gasteiger partial charge in [0.15, 0.2) is 0 Å². The molecule has 1 fully saturated rings. The van der Waals surface area contributed by atoms with Crippen LogP contribution in [0.4, 0.5) is 5.69 Å². The van der Waals surface area contributed by atoms with Crippen molar-refractivity contribution >= 4 is 51.0 Å². The van der Waals surface area contributed by atoms with Crippen molar-refractivity contribution in [3.05, 3.63) is 99.6 Å². The van der Waals surface area contributed by atoms with Gasteiger partial charge in [0.25, 0.3) is 0 Å². The van der Waals surface area contributed by atoms with Crippen LogP contribution in [-0.4, -0.2) is 24.9 Å². The van der Waals surface area contributed by atoms with Gasteiger partial charge >= 0.3 is 5.97 Å². The average molecular weight is 523 g/mol. The van der Waals surface area contributed by atoms with Crippen molar-refractivity contribution in [1.29, 1.82) is 0 Å². The van der Waals surface area contributed by atoms with E-state index in [0.29, 0.717) is 5.69 Å². The van der Waals surface area contributed by atoms with Crippen molar-refractivity contribution in [2.24, 2.45) is 11.8 Å². The highest BCUT2D eigenvalue weighted by molar-refractivity contribution is 9.09. The number of benzene rings is 3. The molecule has 4 aliphatic rings. The van der Waals surface area contributed by atoms with Gasteiger partial charge in [0, 0.05) is 5.92 Å². The molecule has 2 bridgehead atoms. The lowest BCUT2D eigenvalue weighted by molar-refractivity contribution is -0.122. The minimum atomic E-state index is -0.821. The first kappa shape index (κ1) is 20.6. The Hall–Kier alpha value is -2.96. The van der Waals surface area contributed by atoms with Crippen molar-refractivity contribution < 1.29 is 19.1 Å². The van der Waals surface area contributed by atoms with Gasteiger partial charge in [-0.3, -0.25) is 9.59 Å². The van der Waals surface area contributed by atoms with E-state index in [1.54, 1.807) is 6.07 Å². The summed E-state index contributed by atoms with van der Waals surface area (Å²) in [6, 6.07) is 20.5. The minimum absolute atomic E-state index is 0.107. The highest BCUT2D eigenvalue weighted by Gasteiger charge is 2.67. The molecule has 164 valence electrons. The van der Waals surface area contributed by atoms with Crippen LogP contribution in [0.3, 0.4) is 0 Å². The molecule has 1 aliphatic heterocycles. The normalized spacial score (nSPS) is 26.6. The van der Waals surface area contributed by atoms with E-state index in [9.17, 15) is 14.4 Å². The number of anilines is 1. The molecule has 0 aromatic heterocycles. The highest BCUT2D eigenvalue weighted by atomic mass is 79.9. The maximum Gasteiger partial charge on any atom is 0.339 e. The number of imide groups is 1. The molecule has 33 heavy (non-hydrogen) atoms. The molecular weight excluding hydrogens is 506 g/mol. The number of alkyl halides is 1. The summed E-state index contributed by atoms with van der Waals surface area (Å²) in [5.41, 5.74) is 4.57. The number of rotatable bonds is 2. The molecule has 0 spiro atoms. The molecule has 3 aromatic rings. The minimum Gasteiger partial charge on any atom is -0.465 e. The van der Waals surface area contributed by atoms with Gasteiger partial charge in [0.1, 0.15) is 0 Å². The molecule has 5 nitrogen and oxygen atoms in total. The number of ether oxygens (including phenoxy) is 1. The summed E-state index contributed by atoms with van der Waals surface area (Å²) in [6.45, 7) is 0. The fourth-order valence-electron chi connectivity index (χ4n) is 5.85. The van der Waals surface area contributed by atoms with E-state index in [0.717, 1.165) is 22.3 Å². The number of carbonyl (C=O) groups excluding carboxylic acids is 3. The predicted molar refractivity (Wildman–Crippen MR) is 127 cm³/mol. The number of halogens is 2. The molecule has 3 aliphatic carbocycles. The number of hydrogen-bond acceptors (Lipinski definition) is 4. The number of esters is 1. The van der Waals surface area contributed by atoms with Crippen LogP contribution >= 0.6 is 27.5 Å². The largest absolute Gasteiger partial charge is 0.465 e. The van der Waals surface area contributed by atoms with Crippen molar-refractivity contribution in [2.75, 3.05) is 12.0 Å². The number of methoxy groups -OCH3 is 1. The molecule has 7 heteroatoms. The Morgan fingerprint density at radius 2 is 1.58 bits per heavy atom. The predicted octanol–water partition coefficient (Wildman–Crippen LogP) is 5.03. The topological polar surface area (TPSA) is 63.7 Å². The van der Waals surface area contributed by atoms with Crippen molar-refractivity contribution in [3.63, 3.8) is 0 Å². The van der Waals surface area contributed by atoms with E-state index < -0.39 is 22.1 Å². The first-order valence-corrected chi connectivity index (χ1v) is 11.7. The summed E-state index contributed by atoms with van der Waals surface area (Å²) in [6.07, 6.45) is 0. The molecule has 0 unspecified atom stereocenters. The van der Waals surface area contributed by atoms with Gasteiger partial charge in [-0.15, -0.1) is 0 Å². The Morgan fingerprint density at radius 1 is 0.970 bits per heavy atom. The van der Waals surface area contributed by atoms with Crippen LogP contribution in [0.1, 0.15) is 38.5 Å². The number of nitrogens with zero attached hydrogens (tertiary/aromatic N) is 1. The Morgan fingerprint density at radius 3 is 2.18 bits per heavy atom. The Bertz CT molecular complexity index is 1340. The highest BCUT2D eigenvalue weighted by Crippen LogP contribution is 2.66. The van der Waals surface area contributed by atoms with E-state index in [-0.39, 0.29) is 28.3 Å². The summed E-state index contributed by atoms with van der Waals surface area (Å²) in [5, 5.41) is 0.193. The van der Waals surface area contributed by atoms with Crippen molar-refractivity contribution in [3.8, 4) is 0 Å². The van der Waals surface area contributed by atoms with Gasteiger partial charge in [0.05, 0.1) is 39.5 Å². The van der Waals surface area contributed by atoms with Gasteiger partial charge in [0.2, 0.25) is 11.8 Å². The molecule has 1 heterocycles. The summed E-state index contributed by atoms with van der Waals surface area (Å²) in [4.78, 5) is 41.2. The van der Waals surface area contributed by atoms with E-state index in [1.807, 2.05) is 48.5 Å². The lowest BCUT2D eigenvalue weighted by Gasteiger charge is -2.51. The molecular formula is C26H17BrClNO4. The average Bonchev–Trinajstić information content (AvgIpc) is 3.11. The van der Waals surface area contributed by atoms with Crippen LogP contribution in [0.5, 0.6) is 0 Å². The maximum absolute atomic E-state index is 13.9. The zero-order valence-electron chi connectivity index (χ0n) is 17.4. The van der Waals surface area contributed by atoms with Gasteiger partial charge in [-0.2, -0.15) is 0 Å². The number of amides is 2. The van der Waals surface area contributed by atoms with Gasteiger partial charge in [-0.25, -0.2) is 9.69 Å². The van der Waals surface area contributed by atoms with Crippen LogP contribution in [0.2, 0.25) is 5.02 Å². The first-order valence-electron chi connectivity index (χ1n) is 10.5. The third kappa shape index (κ3) is 2.51. The SMILES string of the molecule is COC(=O)c1cc(N2C(=O)[C@@H]3[C@@H](C2=O)C2c4ccccc4C3(Br)c3ccccc32)ccc1Cl. The molecule has 0 saturated carbocycles. The molecule has 0 radical (unpaired) electrons. The Labute approximate surface area is 203 Å². The third-order valence-electron chi connectivity index (χ3n) is 7.13. The second-order valence-corrected chi connectivity index (χ2v) is 10.2. The molecule has 3 aromatic carbocycles. The fraction of sp³-hybridized carbons (Fsp3) is 0.192. The van der Waals surface area contributed by atoms with E-state index in [1.165, 1.54) is 24.1 Å². The molecule has 2 atom stereocenters. The zero-order chi connectivity index (χ0) is 23.1. The molecule has 0 N–H and O–H groups in total. The van der Waals surface area contributed by atoms with E-state index >= 15 is 0 Å². The van der Waals surface area contributed by atoms with Crippen molar-refractivity contribution in [2.45, 2.75) is 10.2 Å². The van der Waals surface area contributed by atoms with Crippen LogP contribution in [0.15, 0.2) is 66.7 Å². The smallest absolute Gasteiger partial charge is 0.339 e. The second kappa shape index (κ2) is 7.02. The Balaban J connectivity index is 1.55. The summed E-state index contributed by atoms with van der Waals surface area (Å²) in [7, 11) is 1.26. The van der Waals surface area contributed by atoms with Gasteiger partial charge in [-0.05, 0) is 40.5 Å². The van der Waals surface area contributed by atoms with Crippen LogP contribution in [0.25, 0.3) is 0 Å². The van der Waals surface area contributed by atoms with Gasteiger partial charge in [-0.1, -0.05) is 76.1 Å². The van der Waals surface area contributed by atoms with Gasteiger partial charge < -0.3 is 4.74 Å². The summed E-state index contributed by atoms with van der Waals surface area (Å²) >= 11 is 10.1. The van der Waals surface area contributed by atoms with E-state index in [4.69, 9.17) is 16.3 Å². The molecule has 2 amide bonds. The number of carbonyl (C=O) groups is 3. The maximum atomic E-state index is 13.9. The molecule has 1 saturated heterocycles. The summed E-state index contributed by atoms with van der Waals surface area (Å²) in [5.74, 6) is -2.60. The first-order chi connectivity index (χ1) is 15.9. The summed E-state index contributed by atoms with van der Waals surface area (Å²) < 4.78 is 3.99. The lowest BCUT2D eigenvalue weighted by Crippen LogP contribution is -2.50. The van der Waals surface area contributed by atoms with E-state index in [2.05, 4.69) is 15.9 Å². The van der Waals surface area contributed by atoms with Crippen LogP contribution in [-0.2, 0) is 18.7 Å². The zero-order valence-corrected chi connectivity index (χ0v) is 19.8. The van der Waals surface area contributed by atoms with Crippen LogP contribution in [0, 0.1) is 11.8 Å². The molecule has 7 rings (SSSR count). The van der Waals surface area contributed by atoms with Crippen LogP contribution < -0.4 is 4.90 Å². The Kier molecular flexibility index (Phi) is 4.39.